The van der Waals surface area contributed by atoms with Crippen molar-refractivity contribution in [1.29, 1.82) is 0 Å². The third-order valence-electron chi connectivity index (χ3n) is 2.64. The molecule has 0 aliphatic heterocycles. The van der Waals surface area contributed by atoms with Gasteiger partial charge in [-0.05, 0) is 39.3 Å². The van der Waals surface area contributed by atoms with Crippen LogP contribution in [0.15, 0.2) is 18.2 Å². The minimum Gasteiger partial charge on any atom is -0.491 e. The predicted octanol–water partition coefficient (Wildman–Crippen LogP) is 2.99. The summed E-state index contributed by atoms with van der Waals surface area (Å²) in [6.07, 6.45) is 0.499. The number of nitrogens with two attached hydrogens (primary N) is 1. The molecular formula is C16H27N3O3. The van der Waals surface area contributed by atoms with Gasteiger partial charge in [-0.25, -0.2) is 4.79 Å². The maximum atomic E-state index is 11.5. The molecule has 0 atom stereocenters. The largest absolute Gasteiger partial charge is 0.491 e. The summed E-state index contributed by atoms with van der Waals surface area (Å²) in [6.45, 7) is 9.14. The van der Waals surface area contributed by atoms with Crippen molar-refractivity contribution >= 4 is 17.5 Å². The topological polar surface area (TPSA) is 85.6 Å². The highest BCUT2D eigenvalue weighted by Crippen LogP contribution is 2.29. The van der Waals surface area contributed by atoms with Gasteiger partial charge < -0.3 is 25.8 Å². The Morgan fingerprint density at radius 1 is 1.27 bits per heavy atom. The second-order valence-electron chi connectivity index (χ2n) is 5.92. The van der Waals surface area contributed by atoms with Crippen molar-refractivity contribution in [3.8, 4) is 5.75 Å². The Labute approximate surface area is 132 Å². The van der Waals surface area contributed by atoms with E-state index in [9.17, 15) is 4.79 Å². The average molecular weight is 309 g/mol. The number of amides is 1. The molecule has 6 heteroatoms. The lowest BCUT2D eigenvalue weighted by Crippen LogP contribution is -2.35. The van der Waals surface area contributed by atoms with Crippen LogP contribution in [0, 0.1) is 0 Å². The Morgan fingerprint density at radius 3 is 2.64 bits per heavy atom. The number of nitrogen functional groups attached to an aromatic ring is 1. The van der Waals surface area contributed by atoms with E-state index < -0.39 is 11.7 Å². The van der Waals surface area contributed by atoms with Crippen LogP contribution < -0.4 is 21.1 Å². The maximum Gasteiger partial charge on any atom is 0.407 e. The molecule has 0 bridgehead atoms. The third-order valence-corrected chi connectivity index (χ3v) is 2.64. The Bertz CT molecular complexity index is 484. The van der Waals surface area contributed by atoms with E-state index in [0.717, 1.165) is 12.1 Å². The van der Waals surface area contributed by atoms with Crippen molar-refractivity contribution < 1.29 is 14.3 Å². The first-order valence-corrected chi connectivity index (χ1v) is 7.55. The smallest absolute Gasteiger partial charge is 0.407 e. The zero-order chi connectivity index (χ0) is 16.6. The van der Waals surface area contributed by atoms with Crippen molar-refractivity contribution in [2.24, 2.45) is 0 Å². The zero-order valence-electron chi connectivity index (χ0n) is 13.9. The van der Waals surface area contributed by atoms with Crippen LogP contribution in [0.4, 0.5) is 16.2 Å². The number of para-hydroxylation sites is 1. The summed E-state index contributed by atoms with van der Waals surface area (Å²) >= 11 is 0. The minimum atomic E-state index is -0.493. The molecule has 1 aromatic rings. The van der Waals surface area contributed by atoms with Crippen LogP contribution in [-0.4, -0.2) is 31.4 Å². The van der Waals surface area contributed by atoms with Crippen LogP contribution >= 0.6 is 0 Å². The second-order valence-corrected chi connectivity index (χ2v) is 5.92. The molecule has 0 unspecified atom stereocenters. The summed E-state index contributed by atoms with van der Waals surface area (Å²) in [5, 5.41) is 5.85. The van der Waals surface area contributed by atoms with Crippen LogP contribution in [-0.2, 0) is 4.74 Å². The first-order valence-electron chi connectivity index (χ1n) is 7.55. The standard InChI is InChI=1S/C16H27N3O3/c1-5-11-21-13-8-6-7-12(14(13)17)18-9-10-19-15(20)22-16(2,3)4/h6-8,18H,5,9-11,17H2,1-4H3,(H,19,20). The number of rotatable bonds is 7. The zero-order valence-corrected chi connectivity index (χ0v) is 13.9. The third kappa shape index (κ3) is 6.56. The van der Waals surface area contributed by atoms with Crippen LogP contribution in [0.25, 0.3) is 0 Å². The molecular weight excluding hydrogens is 282 g/mol. The van der Waals surface area contributed by atoms with Crippen molar-refractivity contribution in [2.45, 2.75) is 39.7 Å². The number of carbonyl (C=O) groups excluding carboxylic acids is 1. The first kappa shape index (κ1) is 17.9. The molecule has 0 saturated carbocycles. The molecule has 0 aliphatic carbocycles. The molecule has 0 heterocycles. The highest BCUT2D eigenvalue weighted by molar-refractivity contribution is 5.73. The number of hydrogen-bond acceptors (Lipinski definition) is 5. The molecule has 4 N–H and O–H groups in total. The van der Waals surface area contributed by atoms with Gasteiger partial charge >= 0.3 is 6.09 Å². The summed E-state index contributed by atoms with van der Waals surface area (Å²) in [6, 6.07) is 5.60. The van der Waals surface area contributed by atoms with Gasteiger partial charge in [0, 0.05) is 13.1 Å². The van der Waals surface area contributed by atoms with Crippen LogP contribution in [0.1, 0.15) is 34.1 Å². The number of carbonyl (C=O) groups is 1. The van der Waals surface area contributed by atoms with Crippen molar-refractivity contribution in [3.05, 3.63) is 18.2 Å². The van der Waals surface area contributed by atoms with E-state index in [4.69, 9.17) is 15.2 Å². The molecule has 0 fully saturated rings. The summed E-state index contributed by atoms with van der Waals surface area (Å²) in [7, 11) is 0. The highest BCUT2D eigenvalue weighted by Gasteiger charge is 2.15. The van der Waals surface area contributed by atoms with Crippen LogP contribution in [0.5, 0.6) is 5.75 Å². The van der Waals surface area contributed by atoms with E-state index in [1.54, 1.807) is 0 Å². The monoisotopic (exact) mass is 309 g/mol. The van der Waals surface area contributed by atoms with Gasteiger partial charge in [-0.1, -0.05) is 13.0 Å². The predicted molar refractivity (Wildman–Crippen MR) is 89.4 cm³/mol. The number of hydrogen-bond donors (Lipinski definition) is 3. The van der Waals surface area contributed by atoms with Gasteiger partial charge in [-0.2, -0.15) is 0 Å². The fraction of sp³-hybridized carbons (Fsp3) is 0.562. The van der Waals surface area contributed by atoms with Crippen LogP contribution in [0.3, 0.4) is 0 Å². The van der Waals surface area contributed by atoms with E-state index in [-0.39, 0.29) is 0 Å². The van der Waals surface area contributed by atoms with Crippen molar-refractivity contribution in [2.75, 3.05) is 30.7 Å². The number of ether oxygens (including phenoxy) is 2. The molecule has 0 radical (unpaired) electrons. The number of alkyl carbamates (subject to hydrolysis) is 1. The van der Waals surface area contributed by atoms with Crippen LogP contribution in [0.2, 0.25) is 0 Å². The van der Waals surface area contributed by atoms with Gasteiger partial charge in [-0.15, -0.1) is 0 Å². The molecule has 6 nitrogen and oxygen atoms in total. The molecule has 0 saturated heterocycles. The van der Waals surface area contributed by atoms with Crippen molar-refractivity contribution in [1.82, 2.24) is 5.32 Å². The maximum absolute atomic E-state index is 11.5. The highest BCUT2D eigenvalue weighted by atomic mass is 16.6. The summed E-state index contributed by atoms with van der Waals surface area (Å²) in [5.74, 6) is 0.673. The minimum absolute atomic E-state index is 0.428. The summed E-state index contributed by atoms with van der Waals surface area (Å²) < 4.78 is 10.7. The summed E-state index contributed by atoms with van der Waals surface area (Å²) in [5.41, 5.74) is 6.93. The van der Waals surface area contributed by atoms with E-state index in [0.29, 0.717) is 31.1 Å². The number of anilines is 2. The molecule has 22 heavy (non-hydrogen) atoms. The van der Waals surface area contributed by atoms with Gasteiger partial charge in [0.1, 0.15) is 11.4 Å². The summed E-state index contributed by atoms with van der Waals surface area (Å²) in [4.78, 5) is 11.5. The Morgan fingerprint density at radius 2 is 2.00 bits per heavy atom. The lowest BCUT2D eigenvalue weighted by Gasteiger charge is -2.20. The molecule has 0 spiro atoms. The Hall–Kier alpha value is -2.11. The molecule has 124 valence electrons. The molecule has 1 aromatic carbocycles. The molecule has 0 aromatic heterocycles. The molecule has 1 rings (SSSR count). The Balaban J connectivity index is 2.40. The first-order chi connectivity index (χ1) is 10.3. The second kappa shape index (κ2) is 8.36. The van der Waals surface area contributed by atoms with E-state index in [1.165, 1.54) is 0 Å². The quantitative estimate of drug-likeness (QED) is 0.532. The van der Waals surface area contributed by atoms with Gasteiger partial charge in [0.25, 0.3) is 0 Å². The van der Waals surface area contributed by atoms with Crippen molar-refractivity contribution in [3.63, 3.8) is 0 Å². The number of benzene rings is 1. The van der Waals surface area contributed by atoms with E-state index in [2.05, 4.69) is 10.6 Å². The van der Waals surface area contributed by atoms with Gasteiger partial charge in [0.05, 0.1) is 18.0 Å². The Kier molecular flexibility index (Phi) is 6.82. The average Bonchev–Trinajstić information content (AvgIpc) is 2.42. The fourth-order valence-corrected chi connectivity index (χ4v) is 1.71. The van der Waals surface area contributed by atoms with Gasteiger partial charge in [0.2, 0.25) is 0 Å². The fourth-order valence-electron chi connectivity index (χ4n) is 1.71. The van der Waals surface area contributed by atoms with Gasteiger partial charge in [0.15, 0.2) is 0 Å². The molecule has 0 aliphatic rings. The molecule has 1 amide bonds. The van der Waals surface area contributed by atoms with Gasteiger partial charge in [-0.3, -0.25) is 0 Å². The van der Waals surface area contributed by atoms with E-state index in [1.807, 2.05) is 45.9 Å². The normalized spacial score (nSPS) is 10.9. The SMILES string of the molecule is CCCOc1cccc(NCCNC(=O)OC(C)(C)C)c1N. The lowest BCUT2D eigenvalue weighted by molar-refractivity contribution is 0.0530. The van der Waals surface area contributed by atoms with E-state index >= 15 is 0 Å². The lowest BCUT2D eigenvalue weighted by atomic mass is 10.2. The number of nitrogens with one attached hydrogen (secondary N) is 2.